The minimum Gasteiger partial charge on any atom is -0.464 e. The van der Waals surface area contributed by atoms with Crippen LogP contribution >= 0.6 is 0 Å². The Morgan fingerprint density at radius 2 is 2.15 bits per heavy atom. The molecular formula is C16H13N3O. The monoisotopic (exact) mass is 263 g/mol. The van der Waals surface area contributed by atoms with Gasteiger partial charge in [0.2, 0.25) is 0 Å². The van der Waals surface area contributed by atoms with Crippen molar-refractivity contribution in [2.45, 2.75) is 6.54 Å². The standard InChI is InChI=1S/C16H13N3O/c1-3-12(14-6-7-17-15(14)4-1)10-19-11-13(9-18-19)16-5-2-8-20-16/h1-9,11,17H,10H2. The maximum atomic E-state index is 5.38. The maximum Gasteiger partial charge on any atom is 0.137 e. The van der Waals surface area contributed by atoms with Gasteiger partial charge in [0.25, 0.3) is 0 Å². The molecule has 3 aromatic heterocycles. The summed E-state index contributed by atoms with van der Waals surface area (Å²) in [6.45, 7) is 0.746. The highest BCUT2D eigenvalue weighted by atomic mass is 16.3. The summed E-state index contributed by atoms with van der Waals surface area (Å²) in [6.07, 6.45) is 7.47. The molecule has 0 radical (unpaired) electrons. The van der Waals surface area contributed by atoms with Crippen LogP contribution in [0.4, 0.5) is 0 Å². The smallest absolute Gasteiger partial charge is 0.137 e. The molecule has 0 saturated heterocycles. The van der Waals surface area contributed by atoms with Crippen molar-refractivity contribution in [3.63, 3.8) is 0 Å². The summed E-state index contributed by atoms with van der Waals surface area (Å²) in [7, 11) is 0. The summed E-state index contributed by atoms with van der Waals surface area (Å²) in [5.74, 6) is 0.844. The van der Waals surface area contributed by atoms with Crippen molar-refractivity contribution in [3.8, 4) is 11.3 Å². The van der Waals surface area contributed by atoms with Crippen molar-refractivity contribution in [2.24, 2.45) is 0 Å². The molecule has 0 unspecified atom stereocenters. The number of nitrogens with one attached hydrogen (secondary N) is 1. The van der Waals surface area contributed by atoms with E-state index in [1.807, 2.05) is 35.4 Å². The molecule has 0 fully saturated rings. The van der Waals surface area contributed by atoms with Crippen LogP contribution in [-0.2, 0) is 6.54 Å². The Balaban J connectivity index is 1.68. The number of H-pyrrole nitrogens is 1. The first-order valence-electron chi connectivity index (χ1n) is 6.51. The third-order valence-electron chi connectivity index (χ3n) is 3.46. The summed E-state index contributed by atoms with van der Waals surface area (Å²) in [4.78, 5) is 3.23. The Labute approximate surface area is 115 Å². The third kappa shape index (κ3) is 1.82. The molecule has 0 atom stereocenters. The SMILES string of the molecule is c1coc(-c2cnn(Cc3cccc4[nH]ccc34)c2)c1. The molecule has 98 valence electrons. The second-order valence-electron chi connectivity index (χ2n) is 4.76. The molecule has 0 spiro atoms. The fourth-order valence-electron chi connectivity index (χ4n) is 2.48. The van der Waals surface area contributed by atoms with Crippen LogP contribution in [0.25, 0.3) is 22.2 Å². The van der Waals surface area contributed by atoms with Crippen molar-refractivity contribution >= 4 is 10.9 Å². The van der Waals surface area contributed by atoms with Gasteiger partial charge in [-0.2, -0.15) is 5.10 Å². The number of hydrogen-bond donors (Lipinski definition) is 1. The van der Waals surface area contributed by atoms with Gasteiger partial charge in [0.05, 0.1) is 24.6 Å². The van der Waals surface area contributed by atoms with E-state index in [2.05, 4.69) is 34.3 Å². The molecule has 0 saturated carbocycles. The van der Waals surface area contributed by atoms with Gasteiger partial charge in [0.15, 0.2) is 0 Å². The van der Waals surface area contributed by atoms with Crippen LogP contribution in [0, 0.1) is 0 Å². The Kier molecular flexibility index (Phi) is 2.45. The van der Waals surface area contributed by atoms with Crippen molar-refractivity contribution in [2.75, 3.05) is 0 Å². The molecule has 4 heteroatoms. The van der Waals surface area contributed by atoms with Gasteiger partial charge in [0, 0.05) is 23.3 Å². The Hall–Kier alpha value is -2.75. The molecule has 0 amide bonds. The van der Waals surface area contributed by atoms with Crippen LogP contribution in [0.3, 0.4) is 0 Å². The van der Waals surface area contributed by atoms with E-state index >= 15 is 0 Å². The summed E-state index contributed by atoms with van der Waals surface area (Å²) >= 11 is 0. The van der Waals surface area contributed by atoms with Crippen LogP contribution in [0.5, 0.6) is 0 Å². The van der Waals surface area contributed by atoms with Gasteiger partial charge in [-0.05, 0) is 29.8 Å². The predicted octanol–water partition coefficient (Wildman–Crippen LogP) is 3.67. The van der Waals surface area contributed by atoms with E-state index in [-0.39, 0.29) is 0 Å². The number of nitrogens with zero attached hydrogens (tertiary/aromatic N) is 2. The van der Waals surface area contributed by atoms with Crippen LogP contribution in [0.2, 0.25) is 0 Å². The average Bonchev–Trinajstić information content (AvgIpc) is 3.20. The lowest BCUT2D eigenvalue weighted by Gasteiger charge is -2.03. The normalized spacial score (nSPS) is 11.2. The van der Waals surface area contributed by atoms with E-state index in [0.717, 1.165) is 23.4 Å². The lowest BCUT2D eigenvalue weighted by molar-refractivity contribution is 0.582. The zero-order valence-corrected chi connectivity index (χ0v) is 10.8. The van der Waals surface area contributed by atoms with Crippen LogP contribution in [0.15, 0.2) is 65.7 Å². The van der Waals surface area contributed by atoms with Gasteiger partial charge in [-0.3, -0.25) is 4.68 Å². The number of hydrogen-bond acceptors (Lipinski definition) is 2. The predicted molar refractivity (Wildman–Crippen MR) is 77.3 cm³/mol. The molecule has 20 heavy (non-hydrogen) atoms. The maximum absolute atomic E-state index is 5.38. The molecule has 4 rings (SSSR count). The van der Waals surface area contributed by atoms with Gasteiger partial charge in [0.1, 0.15) is 5.76 Å². The molecule has 1 N–H and O–H groups in total. The first-order chi connectivity index (χ1) is 9.90. The average molecular weight is 263 g/mol. The lowest BCUT2D eigenvalue weighted by atomic mass is 10.1. The van der Waals surface area contributed by atoms with Gasteiger partial charge in [-0.25, -0.2) is 0 Å². The zero-order chi connectivity index (χ0) is 13.4. The summed E-state index contributed by atoms with van der Waals surface area (Å²) in [5, 5.41) is 5.64. The fourth-order valence-corrected chi connectivity index (χ4v) is 2.48. The van der Waals surface area contributed by atoms with E-state index in [4.69, 9.17) is 4.42 Å². The second-order valence-corrected chi connectivity index (χ2v) is 4.76. The molecule has 0 bridgehead atoms. The molecule has 4 aromatic rings. The number of benzene rings is 1. The number of aromatic nitrogens is 3. The van der Waals surface area contributed by atoms with Crippen LogP contribution in [0.1, 0.15) is 5.56 Å². The van der Waals surface area contributed by atoms with Crippen molar-refractivity contribution in [1.29, 1.82) is 0 Å². The van der Waals surface area contributed by atoms with E-state index < -0.39 is 0 Å². The van der Waals surface area contributed by atoms with E-state index in [1.54, 1.807) is 6.26 Å². The quantitative estimate of drug-likeness (QED) is 0.613. The molecule has 3 heterocycles. The molecule has 4 nitrogen and oxygen atoms in total. The van der Waals surface area contributed by atoms with Crippen molar-refractivity contribution in [1.82, 2.24) is 14.8 Å². The molecule has 0 aliphatic rings. The van der Waals surface area contributed by atoms with E-state index in [1.165, 1.54) is 10.9 Å². The first-order valence-corrected chi connectivity index (χ1v) is 6.51. The summed E-state index contributed by atoms with van der Waals surface area (Å²) in [6, 6.07) is 12.2. The minimum absolute atomic E-state index is 0.746. The molecule has 1 aromatic carbocycles. The van der Waals surface area contributed by atoms with Gasteiger partial charge >= 0.3 is 0 Å². The highest BCUT2D eigenvalue weighted by Gasteiger charge is 2.06. The number of rotatable bonds is 3. The van der Waals surface area contributed by atoms with Crippen LogP contribution < -0.4 is 0 Å². The largest absolute Gasteiger partial charge is 0.464 e. The van der Waals surface area contributed by atoms with Gasteiger partial charge < -0.3 is 9.40 Å². The van der Waals surface area contributed by atoms with Gasteiger partial charge in [-0.15, -0.1) is 0 Å². The Morgan fingerprint density at radius 3 is 3.05 bits per heavy atom. The van der Waals surface area contributed by atoms with Crippen molar-refractivity contribution in [3.05, 3.63) is 66.8 Å². The van der Waals surface area contributed by atoms with Crippen molar-refractivity contribution < 1.29 is 4.42 Å². The Bertz CT molecular complexity index is 840. The number of furan rings is 1. The topological polar surface area (TPSA) is 46.8 Å². The second kappa shape index (κ2) is 4.42. The first kappa shape index (κ1) is 11.1. The summed E-state index contributed by atoms with van der Waals surface area (Å²) in [5.41, 5.74) is 3.40. The zero-order valence-electron chi connectivity index (χ0n) is 10.8. The lowest BCUT2D eigenvalue weighted by Crippen LogP contribution is -1.99. The summed E-state index contributed by atoms with van der Waals surface area (Å²) < 4.78 is 7.31. The van der Waals surface area contributed by atoms with Gasteiger partial charge in [-0.1, -0.05) is 12.1 Å². The van der Waals surface area contributed by atoms with E-state index in [0.29, 0.717) is 0 Å². The highest BCUT2D eigenvalue weighted by molar-refractivity contribution is 5.82. The third-order valence-corrected chi connectivity index (χ3v) is 3.46. The number of aromatic amines is 1. The molecule has 0 aliphatic heterocycles. The highest BCUT2D eigenvalue weighted by Crippen LogP contribution is 2.21. The molecular weight excluding hydrogens is 250 g/mol. The molecule has 0 aliphatic carbocycles. The van der Waals surface area contributed by atoms with E-state index in [9.17, 15) is 0 Å². The number of fused-ring (bicyclic) bond motifs is 1. The minimum atomic E-state index is 0.746. The Morgan fingerprint density at radius 1 is 1.15 bits per heavy atom. The fraction of sp³-hybridized carbons (Fsp3) is 0.0625. The van der Waals surface area contributed by atoms with Crippen LogP contribution in [-0.4, -0.2) is 14.8 Å².